The molecule has 124 valence electrons. The van der Waals surface area contributed by atoms with Crippen LogP contribution in [0.2, 0.25) is 0 Å². The van der Waals surface area contributed by atoms with Crippen molar-refractivity contribution in [3.8, 4) is 0 Å². The van der Waals surface area contributed by atoms with Crippen molar-refractivity contribution in [1.29, 1.82) is 0 Å². The Labute approximate surface area is 140 Å². The summed E-state index contributed by atoms with van der Waals surface area (Å²) in [4.78, 5) is 40.2. The molecule has 1 aromatic rings. The molecule has 6 heteroatoms. The van der Waals surface area contributed by atoms with Gasteiger partial charge in [-0.25, -0.2) is 4.79 Å². The first kappa shape index (κ1) is 14.9. The molecule has 2 fully saturated rings. The monoisotopic (exact) mass is 325 g/mol. The van der Waals surface area contributed by atoms with Crippen LogP contribution in [-0.4, -0.2) is 46.8 Å². The van der Waals surface area contributed by atoms with Crippen molar-refractivity contribution in [3.05, 3.63) is 42.5 Å². The molecule has 0 saturated carbocycles. The number of anilines is 1. The molecule has 4 amide bonds. The molecule has 0 spiro atoms. The number of carbonyl (C=O) groups excluding carboxylic acids is 3. The fraction of sp³-hybridized carbons (Fsp3) is 0.389. The zero-order valence-corrected chi connectivity index (χ0v) is 13.2. The van der Waals surface area contributed by atoms with Gasteiger partial charge < -0.3 is 10.2 Å². The predicted molar refractivity (Wildman–Crippen MR) is 88.0 cm³/mol. The maximum absolute atomic E-state index is 12.5. The van der Waals surface area contributed by atoms with Gasteiger partial charge in [-0.15, -0.1) is 0 Å². The Balaban J connectivity index is 1.37. The summed E-state index contributed by atoms with van der Waals surface area (Å²) in [6, 6.07) is 8.85. The van der Waals surface area contributed by atoms with Crippen LogP contribution in [0.25, 0.3) is 0 Å². The summed E-state index contributed by atoms with van der Waals surface area (Å²) in [5.74, 6) is -0.533. The van der Waals surface area contributed by atoms with Gasteiger partial charge in [0.2, 0.25) is 11.8 Å². The van der Waals surface area contributed by atoms with Gasteiger partial charge in [-0.3, -0.25) is 14.5 Å². The second-order valence-electron chi connectivity index (χ2n) is 6.56. The number of carbonyl (C=O) groups is 3. The van der Waals surface area contributed by atoms with E-state index in [4.69, 9.17) is 0 Å². The Morgan fingerprint density at radius 3 is 2.12 bits per heavy atom. The van der Waals surface area contributed by atoms with E-state index in [1.165, 1.54) is 4.90 Å². The van der Waals surface area contributed by atoms with Crippen LogP contribution in [0, 0.1) is 11.8 Å². The molecular weight excluding hydrogens is 306 g/mol. The molecule has 2 aliphatic heterocycles. The highest BCUT2D eigenvalue weighted by molar-refractivity contribution is 6.06. The molecule has 3 aliphatic rings. The first-order valence-corrected chi connectivity index (χ1v) is 8.28. The number of allylic oxidation sites excluding steroid dienone is 2. The van der Waals surface area contributed by atoms with Crippen LogP contribution in [0.15, 0.2) is 42.5 Å². The summed E-state index contributed by atoms with van der Waals surface area (Å²) in [5.41, 5.74) is 0.733. The zero-order valence-electron chi connectivity index (χ0n) is 13.2. The molecule has 4 rings (SSSR count). The van der Waals surface area contributed by atoms with Crippen molar-refractivity contribution in [2.75, 3.05) is 18.4 Å². The Morgan fingerprint density at radius 2 is 1.54 bits per heavy atom. The van der Waals surface area contributed by atoms with Gasteiger partial charge in [-0.1, -0.05) is 30.4 Å². The highest BCUT2D eigenvalue weighted by Gasteiger charge is 2.52. The summed E-state index contributed by atoms with van der Waals surface area (Å²) < 4.78 is 0. The molecule has 0 radical (unpaired) electrons. The Hall–Kier alpha value is -2.63. The number of fused-ring (bicyclic) bond motifs is 1. The van der Waals surface area contributed by atoms with Crippen LogP contribution >= 0.6 is 0 Å². The smallest absolute Gasteiger partial charge is 0.320 e. The summed E-state index contributed by atoms with van der Waals surface area (Å²) in [7, 11) is 0. The summed E-state index contributed by atoms with van der Waals surface area (Å²) in [5, 5.41) is 2.82. The quantitative estimate of drug-likeness (QED) is 0.666. The number of benzene rings is 1. The minimum absolute atomic E-state index is 0.0672. The van der Waals surface area contributed by atoms with Gasteiger partial charge in [0.05, 0.1) is 17.9 Å². The van der Waals surface area contributed by atoms with Gasteiger partial charge in [-0.05, 0) is 25.0 Å². The highest BCUT2D eigenvalue weighted by atomic mass is 16.2. The number of nitrogens with one attached hydrogen (secondary N) is 1. The van der Waals surface area contributed by atoms with Crippen LogP contribution in [-0.2, 0) is 9.59 Å². The van der Waals surface area contributed by atoms with Crippen LogP contribution in [0.1, 0.15) is 12.8 Å². The third-order valence-electron chi connectivity index (χ3n) is 5.08. The lowest BCUT2D eigenvalue weighted by Crippen LogP contribution is -2.63. The molecule has 2 unspecified atom stereocenters. The van der Waals surface area contributed by atoms with Gasteiger partial charge in [0.25, 0.3) is 0 Å². The standard InChI is InChI=1S/C18H19N3O3/c22-16-14-8-4-5-9-15(14)17(23)21(16)13-10-20(11-13)18(24)19-12-6-2-1-3-7-12/h1-7,13-15H,8-11H2,(H,19,24). The minimum atomic E-state index is -0.199. The van der Waals surface area contributed by atoms with E-state index in [-0.39, 0.29) is 35.7 Å². The van der Waals surface area contributed by atoms with Gasteiger partial charge in [-0.2, -0.15) is 0 Å². The molecule has 2 atom stereocenters. The lowest BCUT2D eigenvalue weighted by Gasteiger charge is -2.43. The van der Waals surface area contributed by atoms with Gasteiger partial charge >= 0.3 is 6.03 Å². The average molecular weight is 325 g/mol. The number of imide groups is 1. The number of hydrogen-bond donors (Lipinski definition) is 1. The van der Waals surface area contributed by atoms with E-state index in [0.29, 0.717) is 25.9 Å². The third kappa shape index (κ3) is 2.38. The normalized spacial score (nSPS) is 26.3. The first-order valence-electron chi connectivity index (χ1n) is 8.28. The van der Waals surface area contributed by atoms with E-state index in [1.807, 2.05) is 42.5 Å². The molecule has 1 N–H and O–H groups in total. The average Bonchev–Trinajstić information content (AvgIpc) is 2.80. The van der Waals surface area contributed by atoms with Crippen LogP contribution < -0.4 is 5.32 Å². The van der Waals surface area contributed by atoms with Gasteiger partial charge in [0, 0.05) is 18.8 Å². The molecule has 0 aromatic heterocycles. The first-order chi connectivity index (χ1) is 11.6. The number of hydrogen-bond acceptors (Lipinski definition) is 3. The SMILES string of the molecule is O=C(Nc1ccccc1)N1CC(N2C(=O)C3CC=CCC3C2=O)C1. The van der Waals surface area contributed by atoms with Gasteiger partial charge in [0.15, 0.2) is 0 Å². The number of amides is 4. The molecule has 1 aliphatic carbocycles. The van der Waals surface area contributed by atoms with E-state index < -0.39 is 0 Å². The maximum Gasteiger partial charge on any atom is 0.321 e. The van der Waals surface area contributed by atoms with E-state index in [1.54, 1.807) is 4.90 Å². The summed E-state index contributed by atoms with van der Waals surface area (Å²) >= 11 is 0. The lowest BCUT2D eigenvalue weighted by molar-refractivity contribution is -0.145. The maximum atomic E-state index is 12.5. The molecule has 6 nitrogen and oxygen atoms in total. The molecule has 1 aromatic carbocycles. The van der Waals surface area contributed by atoms with E-state index >= 15 is 0 Å². The fourth-order valence-electron chi connectivity index (χ4n) is 3.69. The van der Waals surface area contributed by atoms with Crippen molar-refractivity contribution in [2.24, 2.45) is 11.8 Å². The molecule has 2 heterocycles. The molecular formula is C18H19N3O3. The highest BCUT2D eigenvalue weighted by Crippen LogP contribution is 2.37. The number of para-hydroxylation sites is 1. The van der Waals surface area contributed by atoms with Crippen molar-refractivity contribution < 1.29 is 14.4 Å². The second kappa shape index (κ2) is 5.78. The van der Waals surface area contributed by atoms with Gasteiger partial charge in [0.1, 0.15) is 0 Å². The minimum Gasteiger partial charge on any atom is -0.320 e. The molecule has 0 bridgehead atoms. The van der Waals surface area contributed by atoms with E-state index in [2.05, 4.69) is 5.32 Å². The predicted octanol–water partition coefficient (Wildman–Crippen LogP) is 1.85. The zero-order chi connectivity index (χ0) is 16.7. The molecule has 24 heavy (non-hydrogen) atoms. The Bertz CT molecular complexity index is 683. The molecule has 2 saturated heterocycles. The summed E-state index contributed by atoms with van der Waals surface area (Å²) in [6.45, 7) is 0.812. The van der Waals surface area contributed by atoms with Crippen molar-refractivity contribution in [2.45, 2.75) is 18.9 Å². The van der Waals surface area contributed by atoms with Crippen molar-refractivity contribution in [3.63, 3.8) is 0 Å². The van der Waals surface area contributed by atoms with E-state index in [9.17, 15) is 14.4 Å². The lowest BCUT2D eigenvalue weighted by atomic mass is 9.85. The second-order valence-corrected chi connectivity index (χ2v) is 6.56. The largest absolute Gasteiger partial charge is 0.321 e. The number of urea groups is 1. The Morgan fingerprint density at radius 1 is 0.958 bits per heavy atom. The van der Waals surface area contributed by atoms with Crippen LogP contribution in [0.4, 0.5) is 10.5 Å². The third-order valence-corrected chi connectivity index (χ3v) is 5.08. The topological polar surface area (TPSA) is 69.7 Å². The van der Waals surface area contributed by atoms with Crippen LogP contribution in [0.5, 0.6) is 0 Å². The summed E-state index contributed by atoms with van der Waals surface area (Å²) in [6.07, 6.45) is 5.26. The Kier molecular flexibility index (Phi) is 3.59. The van der Waals surface area contributed by atoms with E-state index in [0.717, 1.165) is 5.69 Å². The van der Waals surface area contributed by atoms with Crippen molar-refractivity contribution in [1.82, 2.24) is 9.80 Å². The fourth-order valence-corrected chi connectivity index (χ4v) is 3.69. The van der Waals surface area contributed by atoms with Crippen molar-refractivity contribution >= 4 is 23.5 Å². The van der Waals surface area contributed by atoms with Crippen LogP contribution in [0.3, 0.4) is 0 Å². The number of nitrogens with zero attached hydrogens (tertiary/aromatic N) is 2. The number of likely N-dealkylation sites (tertiary alicyclic amines) is 2. The number of rotatable bonds is 2.